The second kappa shape index (κ2) is 3.35. The van der Waals surface area contributed by atoms with Gasteiger partial charge in [0.05, 0.1) is 5.69 Å². The van der Waals surface area contributed by atoms with Crippen molar-refractivity contribution in [1.82, 2.24) is 10.1 Å². The maximum Gasteiger partial charge on any atom is 0.167 e. The van der Waals surface area contributed by atoms with Crippen molar-refractivity contribution in [3.05, 3.63) is 30.0 Å². The van der Waals surface area contributed by atoms with E-state index in [1.54, 1.807) is 0 Å². The standard InChI is InChI=1S/C12H14N2O/c1-14-7-6-9(8-14)12-10-4-2-3-5-11(10)15-13-12/h2-5,9H,6-8H2,1H3/t9-/m1/s1. The molecular formula is C12H14N2O. The number of likely N-dealkylation sites (tertiary alicyclic amines) is 1. The molecule has 0 bridgehead atoms. The fourth-order valence-electron chi connectivity index (χ4n) is 2.36. The van der Waals surface area contributed by atoms with E-state index < -0.39 is 0 Å². The van der Waals surface area contributed by atoms with Crippen molar-refractivity contribution in [3.63, 3.8) is 0 Å². The molecule has 0 aliphatic carbocycles. The lowest BCUT2D eigenvalue weighted by Crippen LogP contribution is -2.13. The quantitative estimate of drug-likeness (QED) is 0.710. The minimum Gasteiger partial charge on any atom is -0.356 e. The van der Waals surface area contributed by atoms with Gasteiger partial charge in [0.1, 0.15) is 0 Å². The van der Waals surface area contributed by atoms with Crippen LogP contribution in [0, 0.1) is 0 Å². The fourth-order valence-corrected chi connectivity index (χ4v) is 2.36. The molecule has 78 valence electrons. The first-order valence-corrected chi connectivity index (χ1v) is 5.37. The van der Waals surface area contributed by atoms with E-state index in [9.17, 15) is 0 Å². The summed E-state index contributed by atoms with van der Waals surface area (Å²) >= 11 is 0. The third-order valence-electron chi connectivity index (χ3n) is 3.18. The molecule has 3 heteroatoms. The average molecular weight is 202 g/mol. The third kappa shape index (κ3) is 1.43. The fraction of sp³-hybridized carbons (Fsp3) is 0.417. The van der Waals surface area contributed by atoms with Gasteiger partial charge in [0.25, 0.3) is 0 Å². The molecule has 15 heavy (non-hydrogen) atoms. The van der Waals surface area contributed by atoms with E-state index in [4.69, 9.17) is 4.52 Å². The molecule has 3 nitrogen and oxygen atoms in total. The summed E-state index contributed by atoms with van der Waals surface area (Å²) in [5.41, 5.74) is 2.04. The number of nitrogens with zero attached hydrogens (tertiary/aromatic N) is 2. The Labute approximate surface area is 88.7 Å². The molecule has 2 aromatic rings. The number of hydrogen-bond donors (Lipinski definition) is 0. The van der Waals surface area contributed by atoms with Gasteiger partial charge in [-0.3, -0.25) is 0 Å². The van der Waals surface area contributed by atoms with Gasteiger partial charge in [0.2, 0.25) is 0 Å². The van der Waals surface area contributed by atoms with Crippen molar-refractivity contribution in [3.8, 4) is 0 Å². The van der Waals surface area contributed by atoms with Crippen LogP contribution in [-0.2, 0) is 0 Å². The van der Waals surface area contributed by atoms with Crippen LogP contribution in [0.4, 0.5) is 0 Å². The van der Waals surface area contributed by atoms with E-state index in [2.05, 4.69) is 23.2 Å². The van der Waals surface area contributed by atoms with Gasteiger partial charge in [0.15, 0.2) is 5.58 Å². The van der Waals surface area contributed by atoms with Crippen LogP contribution in [0.3, 0.4) is 0 Å². The van der Waals surface area contributed by atoms with Crippen LogP contribution in [0.5, 0.6) is 0 Å². The van der Waals surface area contributed by atoms with Gasteiger partial charge < -0.3 is 9.42 Å². The Morgan fingerprint density at radius 1 is 1.40 bits per heavy atom. The van der Waals surface area contributed by atoms with Crippen LogP contribution in [0.2, 0.25) is 0 Å². The van der Waals surface area contributed by atoms with Gasteiger partial charge in [-0.05, 0) is 32.1 Å². The van der Waals surface area contributed by atoms with Crippen molar-refractivity contribution >= 4 is 11.0 Å². The van der Waals surface area contributed by atoms with Gasteiger partial charge in [0, 0.05) is 17.8 Å². The maximum atomic E-state index is 5.33. The number of para-hydroxylation sites is 1. The van der Waals surface area contributed by atoms with Gasteiger partial charge in [-0.25, -0.2) is 0 Å². The zero-order chi connectivity index (χ0) is 10.3. The molecule has 0 radical (unpaired) electrons. The molecule has 0 saturated carbocycles. The van der Waals surface area contributed by atoms with Gasteiger partial charge >= 0.3 is 0 Å². The minimum atomic E-state index is 0.540. The molecule has 1 aromatic heterocycles. The summed E-state index contributed by atoms with van der Waals surface area (Å²) in [5.74, 6) is 0.540. The molecule has 1 aliphatic rings. The Morgan fingerprint density at radius 3 is 3.07 bits per heavy atom. The normalized spacial score (nSPS) is 22.6. The predicted molar refractivity (Wildman–Crippen MR) is 58.9 cm³/mol. The van der Waals surface area contributed by atoms with Crippen molar-refractivity contribution in [1.29, 1.82) is 0 Å². The first-order chi connectivity index (χ1) is 7.34. The maximum absolute atomic E-state index is 5.33. The highest BCUT2D eigenvalue weighted by molar-refractivity contribution is 5.79. The molecule has 1 aromatic carbocycles. The molecule has 0 unspecified atom stereocenters. The molecule has 1 saturated heterocycles. The summed E-state index contributed by atoms with van der Waals surface area (Å²) in [4.78, 5) is 2.34. The molecule has 3 rings (SSSR count). The molecule has 0 amide bonds. The molecular weight excluding hydrogens is 188 g/mol. The summed E-state index contributed by atoms with van der Waals surface area (Å²) in [6.45, 7) is 2.25. The minimum absolute atomic E-state index is 0.540. The summed E-state index contributed by atoms with van der Waals surface area (Å²) in [7, 11) is 2.16. The summed E-state index contributed by atoms with van der Waals surface area (Å²) in [6.07, 6.45) is 1.19. The van der Waals surface area contributed by atoms with E-state index in [-0.39, 0.29) is 0 Å². The first kappa shape index (κ1) is 8.92. The van der Waals surface area contributed by atoms with Crippen molar-refractivity contribution in [2.45, 2.75) is 12.3 Å². The number of fused-ring (bicyclic) bond motifs is 1. The van der Waals surface area contributed by atoms with E-state index >= 15 is 0 Å². The van der Waals surface area contributed by atoms with Crippen LogP contribution >= 0.6 is 0 Å². The van der Waals surface area contributed by atoms with Crippen LogP contribution < -0.4 is 0 Å². The molecule has 1 aliphatic heterocycles. The van der Waals surface area contributed by atoms with E-state index in [1.165, 1.54) is 11.8 Å². The highest BCUT2D eigenvalue weighted by Gasteiger charge is 2.25. The van der Waals surface area contributed by atoms with Gasteiger partial charge in [-0.1, -0.05) is 17.3 Å². The number of benzene rings is 1. The molecule has 0 N–H and O–H groups in total. The summed E-state index contributed by atoms with van der Waals surface area (Å²) in [6, 6.07) is 8.10. The Bertz CT molecular complexity index is 477. The van der Waals surface area contributed by atoms with Crippen LogP contribution in [0.25, 0.3) is 11.0 Å². The Hall–Kier alpha value is -1.35. The SMILES string of the molecule is CN1CC[C@@H](c2noc3ccccc23)C1. The topological polar surface area (TPSA) is 29.3 Å². The average Bonchev–Trinajstić information content (AvgIpc) is 2.83. The van der Waals surface area contributed by atoms with Crippen LogP contribution in [0.1, 0.15) is 18.0 Å². The van der Waals surface area contributed by atoms with Crippen molar-refractivity contribution in [2.75, 3.05) is 20.1 Å². The third-order valence-corrected chi connectivity index (χ3v) is 3.18. The summed E-state index contributed by atoms with van der Waals surface area (Å²) in [5, 5.41) is 5.39. The second-order valence-corrected chi connectivity index (χ2v) is 4.31. The Kier molecular flexibility index (Phi) is 1.99. The number of rotatable bonds is 1. The molecule has 0 spiro atoms. The van der Waals surface area contributed by atoms with Gasteiger partial charge in [-0.15, -0.1) is 0 Å². The lowest BCUT2D eigenvalue weighted by Gasteiger charge is -2.06. The molecule has 1 atom stereocenters. The van der Waals surface area contributed by atoms with Crippen molar-refractivity contribution in [2.24, 2.45) is 0 Å². The summed E-state index contributed by atoms with van der Waals surface area (Å²) < 4.78 is 5.33. The van der Waals surface area contributed by atoms with Crippen LogP contribution in [-0.4, -0.2) is 30.2 Å². The molecule has 1 fully saturated rings. The number of hydrogen-bond acceptors (Lipinski definition) is 3. The highest BCUT2D eigenvalue weighted by atomic mass is 16.5. The first-order valence-electron chi connectivity index (χ1n) is 5.37. The van der Waals surface area contributed by atoms with Crippen molar-refractivity contribution < 1.29 is 4.52 Å². The Balaban J connectivity index is 2.04. The lowest BCUT2D eigenvalue weighted by atomic mass is 10.0. The smallest absolute Gasteiger partial charge is 0.167 e. The van der Waals surface area contributed by atoms with E-state index in [0.29, 0.717) is 5.92 Å². The van der Waals surface area contributed by atoms with E-state index in [1.807, 2.05) is 18.2 Å². The molecule has 2 heterocycles. The zero-order valence-corrected chi connectivity index (χ0v) is 8.81. The Morgan fingerprint density at radius 2 is 2.27 bits per heavy atom. The van der Waals surface area contributed by atoms with E-state index in [0.717, 1.165) is 24.4 Å². The van der Waals surface area contributed by atoms with Gasteiger partial charge in [-0.2, -0.15) is 0 Å². The number of aromatic nitrogens is 1. The number of likely N-dealkylation sites (N-methyl/N-ethyl adjacent to an activating group) is 1. The predicted octanol–water partition coefficient (Wildman–Crippen LogP) is 2.25. The monoisotopic (exact) mass is 202 g/mol. The highest BCUT2D eigenvalue weighted by Crippen LogP contribution is 2.30. The van der Waals surface area contributed by atoms with Crippen LogP contribution in [0.15, 0.2) is 28.8 Å². The zero-order valence-electron chi connectivity index (χ0n) is 8.81. The second-order valence-electron chi connectivity index (χ2n) is 4.31. The largest absolute Gasteiger partial charge is 0.356 e. The lowest BCUT2D eigenvalue weighted by molar-refractivity contribution is 0.402.